The molecule has 0 saturated carbocycles. The zero-order chi connectivity index (χ0) is 13.7. The summed E-state index contributed by atoms with van der Waals surface area (Å²) in [6.45, 7) is 1.19. The Morgan fingerprint density at radius 1 is 1.42 bits per heavy atom. The molecule has 0 atom stereocenters. The second kappa shape index (κ2) is 5.96. The fraction of sp³-hybridized carbons (Fsp3) is 0.385. The largest absolute Gasteiger partial charge is 0.486 e. The molecule has 1 heterocycles. The van der Waals surface area contributed by atoms with Crippen molar-refractivity contribution in [3.63, 3.8) is 0 Å². The third-order valence-corrected chi connectivity index (χ3v) is 2.59. The fourth-order valence-electron chi connectivity index (χ4n) is 1.60. The van der Waals surface area contributed by atoms with E-state index in [-0.39, 0.29) is 13.2 Å². The molecule has 0 bridgehead atoms. The molecule has 1 aliphatic rings. The first-order valence-electron chi connectivity index (χ1n) is 5.84. The summed E-state index contributed by atoms with van der Waals surface area (Å²) >= 11 is 0. The lowest BCUT2D eigenvalue weighted by Crippen LogP contribution is -2.27. The van der Waals surface area contributed by atoms with Crippen molar-refractivity contribution in [2.75, 3.05) is 26.8 Å². The zero-order valence-electron chi connectivity index (χ0n) is 10.6. The van der Waals surface area contributed by atoms with Crippen LogP contribution >= 0.6 is 0 Å². The van der Waals surface area contributed by atoms with E-state index >= 15 is 0 Å². The van der Waals surface area contributed by atoms with Crippen molar-refractivity contribution in [3.05, 3.63) is 23.8 Å². The van der Waals surface area contributed by atoms with Crippen LogP contribution in [0.1, 0.15) is 5.56 Å². The first-order valence-corrected chi connectivity index (χ1v) is 5.84. The van der Waals surface area contributed by atoms with Gasteiger partial charge in [0.2, 0.25) is 0 Å². The third kappa shape index (κ3) is 3.28. The van der Waals surface area contributed by atoms with Gasteiger partial charge in [-0.25, -0.2) is 4.79 Å². The number of fused-ring (bicyclic) bond motifs is 1. The summed E-state index contributed by atoms with van der Waals surface area (Å²) in [4.78, 5) is 12.7. The molecule has 1 aromatic carbocycles. The minimum atomic E-state index is -0.531. The standard InChI is InChI=1S/C13H14N2O4/c1-15(5-4-14)13(16)19-9-10-2-3-11-12(8-10)18-7-6-17-11/h2-3,8H,5-7,9H2,1H3. The van der Waals surface area contributed by atoms with Gasteiger partial charge in [-0.2, -0.15) is 5.26 Å². The average molecular weight is 262 g/mol. The van der Waals surface area contributed by atoms with Crippen molar-refractivity contribution in [2.24, 2.45) is 0 Å². The highest BCUT2D eigenvalue weighted by Crippen LogP contribution is 2.30. The number of amides is 1. The molecule has 1 aliphatic heterocycles. The van der Waals surface area contributed by atoms with E-state index in [1.807, 2.05) is 12.1 Å². The molecule has 6 heteroatoms. The summed E-state index contributed by atoms with van der Waals surface area (Å²) in [6, 6.07) is 7.26. The van der Waals surface area contributed by atoms with Gasteiger partial charge in [0.1, 0.15) is 26.4 Å². The Hall–Kier alpha value is -2.42. The van der Waals surface area contributed by atoms with E-state index in [1.54, 1.807) is 12.1 Å². The van der Waals surface area contributed by atoms with Crippen LogP contribution in [-0.4, -0.2) is 37.8 Å². The first kappa shape index (κ1) is 13.0. The Morgan fingerprint density at radius 2 is 2.16 bits per heavy atom. The number of hydrogen-bond donors (Lipinski definition) is 0. The average Bonchev–Trinajstić information content (AvgIpc) is 2.44. The molecule has 0 aromatic heterocycles. The van der Waals surface area contributed by atoms with Gasteiger partial charge in [-0.15, -0.1) is 0 Å². The minimum absolute atomic E-state index is 0.0000275. The molecule has 1 amide bonds. The van der Waals surface area contributed by atoms with Gasteiger partial charge in [0.05, 0.1) is 6.07 Å². The maximum absolute atomic E-state index is 11.5. The molecule has 0 fully saturated rings. The Bertz CT molecular complexity index is 510. The number of carbonyl (C=O) groups excluding carboxylic acids is 1. The van der Waals surface area contributed by atoms with E-state index in [1.165, 1.54) is 11.9 Å². The molecule has 0 unspecified atom stereocenters. The molecule has 0 aliphatic carbocycles. The smallest absolute Gasteiger partial charge is 0.410 e. The van der Waals surface area contributed by atoms with Gasteiger partial charge in [0, 0.05) is 7.05 Å². The Balaban J connectivity index is 1.93. The number of nitrogens with zero attached hydrogens (tertiary/aromatic N) is 2. The van der Waals surface area contributed by atoms with Gasteiger partial charge in [0.15, 0.2) is 11.5 Å². The molecule has 0 N–H and O–H groups in total. The summed E-state index contributed by atoms with van der Waals surface area (Å²) in [7, 11) is 1.51. The summed E-state index contributed by atoms with van der Waals surface area (Å²) in [5.74, 6) is 1.35. The first-order chi connectivity index (χ1) is 9.20. The maximum atomic E-state index is 11.5. The molecule has 1 aromatic rings. The third-order valence-electron chi connectivity index (χ3n) is 2.59. The molecular weight excluding hydrogens is 248 g/mol. The van der Waals surface area contributed by atoms with E-state index in [4.69, 9.17) is 19.5 Å². The second-order valence-corrected chi connectivity index (χ2v) is 4.05. The highest BCUT2D eigenvalue weighted by molar-refractivity contribution is 5.67. The Kier molecular flexibility index (Phi) is 4.08. The molecular formula is C13H14N2O4. The molecule has 6 nitrogen and oxygen atoms in total. The van der Waals surface area contributed by atoms with Crippen LogP contribution < -0.4 is 9.47 Å². The lowest BCUT2D eigenvalue weighted by atomic mass is 10.2. The predicted octanol–water partition coefficient (Wildman–Crippen LogP) is 1.55. The summed E-state index contributed by atoms with van der Waals surface area (Å²) < 4.78 is 15.9. The van der Waals surface area contributed by atoms with Crippen LogP contribution in [0.3, 0.4) is 0 Å². The van der Waals surface area contributed by atoms with Gasteiger partial charge in [-0.1, -0.05) is 6.07 Å². The normalized spacial score (nSPS) is 12.4. The highest BCUT2D eigenvalue weighted by Gasteiger charge is 2.13. The van der Waals surface area contributed by atoms with Crippen molar-refractivity contribution in [1.82, 2.24) is 4.90 Å². The number of ether oxygens (including phenoxy) is 3. The van der Waals surface area contributed by atoms with Crippen molar-refractivity contribution >= 4 is 6.09 Å². The number of hydrogen-bond acceptors (Lipinski definition) is 5. The molecule has 19 heavy (non-hydrogen) atoms. The van der Waals surface area contributed by atoms with Crippen LogP contribution in [0.4, 0.5) is 4.79 Å². The topological polar surface area (TPSA) is 71.8 Å². The quantitative estimate of drug-likeness (QED) is 0.773. The molecule has 0 spiro atoms. The van der Waals surface area contributed by atoms with Crippen molar-refractivity contribution in [3.8, 4) is 17.6 Å². The summed E-state index contributed by atoms with van der Waals surface area (Å²) in [6.07, 6.45) is -0.531. The van der Waals surface area contributed by atoms with Crippen LogP contribution in [0.2, 0.25) is 0 Å². The number of carbonyl (C=O) groups is 1. The monoisotopic (exact) mass is 262 g/mol. The Labute approximate surface area is 111 Å². The van der Waals surface area contributed by atoms with Crippen LogP contribution in [0, 0.1) is 11.3 Å². The lowest BCUT2D eigenvalue weighted by Gasteiger charge is -2.19. The van der Waals surface area contributed by atoms with Crippen LogP contribution in [0.25, 0.3) is 0 Å². The predicted molar refractivity (Wildman–Crippen MR) is 65.9 cm³/mol. The van der Waals surface area contributed by atoms with Crippen LogP contribution in [0.5, 0.6) is 11.5 Å². The molecule has 2 rings (SSSR count). The van der Waals surface area contributed by atoms with E-state index < -0.39 is 6.09 Å². The van der Waals surface area contributed by atoms with Gasteiger partial charge >= 0.3 is 6.09 Å². The lowest BCUT2D eigenvalue weighted by molar-refractivity contribution is 0.108. The Morgan fingerprint density at radius 3 is 2.89 bits per heavy atom. The summed E-state index contributed by atoms with van der Waals surface area (Å²) in [5.41, 5.74) is 0.808. The van der Waals surface area contributed by atoms with E-state index in [9.17, 15) is 4.79 Å². The molecule has 0 radical (unpaired) electrons. The molecule has 0 saturated heterocycles. The maximum Gasteiger partial charge on any atom is 0.410 e. The van der Waals surface area contributed by atoms with Crippen molar-refractivity contribution in [2.45, 2.75) is 6.61 Å². The summed E-state index contributed by atoms with van der Waals surface area (Å²) in [5, 5.41) is 8.47. The van der Waals surface area contributed by atoms with Crippen LogP contribution in [-0.2, 0) is 11.3 Å². The van der Waals surface area contributed by atoms with Crippen molar-refractivity contribution in [1.29, 1.82) is 5.26 Å². The highest BCUT2D eigenvalue weighted by atomic mass is 16.6. The van der Waals surface area contributed by atoms with Gasteiger partial charge in [0.25, 0.3) is 0 Å². The van der Waals surface area contributed by atoms with E-state index in [2.05, 4.69) is 0 Å². The zero-order valence-corrected chi connectivity index (χ0v) is 10.6. The fourth-order valence-corrected chi connectivity index (χ4v) is 1.60. The number of benzene rings is 1. The van der Waals surface area contributed by atoms with E-state index in [0.29, 0.717) is 24.7 Å². The van der Waals surface area contributed by atoms with Gasteiger partial charge in [-0.3, -0.25) is 4.90 Å². The second-order valence-electron chi connectivity index (χ2n) is 4.05. The SMILES string of the molecule is CN(CC#N)C(=O)OCc1ccc2c(c1)OCCO2. The van der Waals surface area contributed by atoms with Gasteiger partial charge in [-0.05, 0) is 17.7 Å². The minimum Gasteiger partial charge on any atom is -0.486 e. The van der Waals surface area contributed by atoms with E-state index in [0.717, 1.165) is 5.56 Å². The number of nitriles is 1. The number of rotatable bonds is 3. The molecule has 100 valence electrons. The van der Waals surface area contributed by atoms with Gasteiger partial charge < -0.3 is 14.2 Å². The van der Waals surface area contributed by atoms with Crippen molar-refractivity contribution < 1.29 is 19.0 Å². The van der Waals surface area contributed by atoms with Crippen LogP contribution in [0.15, 0.2) is 18.2 Å².